The molecule has 0 spiro atoms. The molecule has 1 fully saturated rings. The van der Waals surface area contributed by atoms with Crippen LogP contribution in [0.2, 0.25) is 5.02 Å². The molecule has 0 aliphatic carbocycles. The van der Waals surface area contributed by atoms with Crippen LogP contribution >= 0.6 is 11.6 Å². The number of esters is 1. The maximum atomic E-state index is 12.5. The molecule has 2 aromatic carbocycles. The van der Waals surface area contributed by atoms with Crippen molar-refractivity contribution in [2.24, 2.45) is 0 Å². The van der Waals surface area contributed by atoms with E-state index in [9.17, 15) is 4.79 Å². The predicted octanol–water partition coefficient (Wildman–Crippen LogP) is 5.20. The first-order valence-corrected chi connectivity index (χ1v) is 12.0. The number of aromatic nitrogens is 1. The Bertz CT molecular complexity index is 1110. The van der Waals surface area contributed by atoms with Crippen LogP contribution < -0.4 is 9.64 Å². The van der Waals surface area contributed by atoms with Crippen LogP contribution in [0.1, 0.15) is 35.3 Å². The summed E-state index contributed by atoms with van der Waals surface area (Å²) in [4.78, 5) is 21.6. The lowest BCUT2D eigenvalue weighted by Gasteiger charge is -2.36. The molecule has 1 aromatic heterocycles. The van der Waals surface area contributed by atoms with Gasteiger partial charge in [-0.2, -0.15) is 0 Å². The van der Waals surface area contributed by atoms with Crippen LogP contribution in [-0.4, -0.2) is 48.1 Å². The lowest BCUT2D eigenvalue weighted by molar-refractivity contribution is 0.0378. The fraction of sp³-hybridized carbons (Fsp3) is 0.333. The summed E-state index contributed by atoms with van der Waals surface area (Å²) in [6.45, 7) is 8.37. The topological polar surface area (TPSA) is 54.9 Å². The molecule has 1 aliphatic heterocycles. The van der Waals surface area contributed by atoms with Crippen LogP contribution in [0.15, 0.2) is 66.9 Å². The Morgan fingerprint density at radius 1 is 1.00 bits per heavy atom. The summed E-state index contributed by atoms with van der Waals surface area (Å²) >= 11 is 6.06. The molecule has 34 heavy (non-hydrogen) atoms. The second-order valence-electron chi connectivity index (χ2n) is 8.66. The van der Waals surface area contributed by atoms with Crippen LogP contribution in [0, 0.1) is 0 Å². The largest absolute Gasteiger partial charge is 0.489 e. The van der Waals surface area contributed by atoms with Crippen molar-refractivity contribution in [2.75, 3.05) is 31.1 Å². The van der Waals surface area contributed by atoms with Gasteiger partial charge < -0.3 is 14.4 Å². The monoisotopic (exact) mass is 479 g/mol. The molecule has 0 N–H and O–H groups in total. The van der Waals surface area contributed by atoms with E-state index >= 15 is 0 Å². The molecule has 178 valence electrons. The van der Waals surface area contributed by atoms with Gasteiger partial charge >= 0.3 is 5.97 Å². The van der Waals surface area contributed by atoms with Crippen molar-refractivity contribution in [2.45, 2.75) is 33.1 Å². The number of ether oxygens (including phenoxy) is 2. The van der Waals surface area contributed by atoms with Gasteiger partial charge in [-0.25, -0.2) is 9.78 Å². The van der Waals surface area contributed by atoms with Gasteiger partial charge in [0.05, 0.1) is 6.10 Å². The summed E-state index contributed by atoms with van der Waals surface area (Å²) in [5.41, 5.74) is 2.77. The molecule has 0 atom stereocenters. The number of carbonyl (C=O) groups is 1. The first-order valence-electron chi connectivity index (χ1n) is 11.6. The molecule has 7 heteroatoms. The van der Waals surface area contributed by atoms with Gasteiger partial charge in [0.1, 0.15) is 23.7 Å². The number of benzene rings is 2. The minimum Gasteiger partial charge on any atom is -0.489 e. The zero-order valence-corrected chi connectivity index (χ0v) is 20.4. The van der Waals surface area contributed by atoms with Crippen LogP contribution in [0.5, 0.6) is 5.75 Å². The summed E-state index contributed by atoms with van der Waals surface area (Å²) in [5.74, 6) is 1.22. The normalized spacial score (nSPS) is 14.3. The summed E-state index contributed by atoms with van der Waals surface area (Å²) in [7, 11) is 0. The molecule has 1 aliphatic rings. The van der Waals surface area contributed by atoms with Crippen molar-refractivity contribution >= 4 is 23.4 Å². The summed E-state index contributed by atoms with van der Waals surface area (Å²) in [6, 6.07) is 19.5. The van der Waals surface area contributed by atoms with Crippen LogP contribution in [0.4, 0.5) is 5.82 Å². The highest BCUT2D eigenvalue weighted by molar-refractivity contribution is 6.30. The minimum atomic E-state index is -0.324. The van der Waals surface area contributed by atoms with E-state index in [2.05, 4.69) is 26.9 Å². The fourth-order valence-corrected chi connectivity index (χ4v) is 4.20. The number of nitrogens with zero attached hydrogens (tertiary/aromatic N) is 3. The molecule has 2 heterocycles. The van der Waals surface area contributed by atoms with E-state index in [1.54, 1.807) is 18.3 Å². The molecule has 0 radical (unpaired) electrons. The lowest BCUT2D eigenvalue weighted by Crippen LogP contribution is -2.46. The van der Waals surface area contributed by atoms with E-state index < -0.39 is 0 Å². The minimum absolute atomic E-state index is 0.164. The molecule has 0 amide bonds. The molecule has 1 saturated heterocycles. The summed E-state index contributed by atoms with van der Waals surface area (Å²) < 4.78 is 11.4. The Morgan fingerprint density at radius 3 is 2.53 bits per heavy atom. The number of pyridine rings is 1. The number of halogens is 1. The predicted molar refractivity (Wildman–Crippen MR) is 135 cm³/mol. The Morgan fingerprint density at radius 2 is 1.76 bits per heavy atom. The van der Waals surface area contributed by atoms with Gasteiger partial charge in [0.25, 0.3) is 0 Å². The van der Waals surface area contributed by atoms with E-state index in [-0.39, 0.29) is 12.1 Å². The first-order chi connectivity index (χ1) is 16.5. The van der Waals surface area contributed by atoms with Crippen LogP contribution in [-0.2, 0) is 17.9 Å². The Hall–Kier alpha value is -3.09. The standard InChI is InChI=1S/C27H30ClN3O3/c1-20(2)34-27(32)25-10-5-11-29-26(25)31-14-12-30(13-15-31)18-21-6-4-9-24(17-21)33-19-22-7-3-8-23(28)16-22/h3-11,16-17,20H,12-15,18-19H2,1-2H3. The van der Waals surface area contributed by atoms with E-state index in [0.717, 1.165) is 44.0 Å². The third-order valence-electron chi connectivity index (χ3n) is 5.62. The Kier molecular flexibility index (Phi) is 8.03. The molecule has 0 bridgehead atoms. The van der Waals surface area contributed by atoms with E-state index in [4.69, 9.17) is 21.1 Å². The second kappa shape index (κ2) is 11.4. The quantitative estimate of drug-likeness (QED) is 0.414. The van der Waals surface area contributed by atoms with Crippen molar-refractivity contribution in [3.63, 3.8) is 0 Å². The summed E-state index contributed by atoms with van der Waals surface area (Å²) in [5, 5.41) is 0.712. The van der Waals surface area contributed by atoms with Crippen LogP contribution in [0.3, 0.4) is 0 Å². The van der Waals surface area contributed by atoms with E-state index in [1.807, 2.05) is 50.2 Å². The highest BCUT2D eigenvalue weighted by Gasteiger charge is 2.23. The van der Waals surface area contributed by atoms with Crippen molar-refractivity contribution in [3.05, 3.63) is 88.6 Å². The molecular weight excluding hydrogens is 450 g/mol. The third-order valence-corrected chi connectivity index (χ3v) is 5.86. The number of hydrogen-bond donors (Lipinski definition) is 0. The summed E-state index contributed by atoms with van der Waals surface area (Å²) in [6.07, 6.45) is 1.56. The molecule has 4 rings (SSSR count). The zero-order chi connectivity index (χ0) is 23.9. The molecule has 0 unspecified atom stereocenters. The first kappa shape index (κ1) is 24.0. The van der Waals surface area contributed by atoms with Crippen molar-refractivity contribution in [1.82, 2.24) is 9.88 Å². The van der Waals surface area contributed by atoms with Gasteiger partial charge in [0, 0.05) is 43.9 Å². The molecular formula is C27H30ClN3O3. The maximum Gasteiger partial charge on any atom is 0.342 e. The van der Waals surface area contributed by atoms with Crippen molar-refractivity contribution < 1.29 is 14.3 Å². The lowest BCUT2D eigenvalue weighted by atomic mass is 10.1. The Balaban J connectivity index is 1.33. The molecule has 6 nitrogen and oxygen atoms in total. The smallest absolute Gasteiger partial charge is 0.342 e. The van der Waals surface area contributed by atoms with Gasteiger partial charge in [-0.3, -0.25) is 4.90 Å². The number of carbonyl (C=O) groups excluding carboxylic acids is 1. The number of hydrogen-bond acceptors (Lipinski definition) is 6. The van der Waals surface area contributed by atoms with Crippen LogP contribution in [0.25, 0.3) is 0 Å². The molecule has 3 aromatic rings. The van der Waals surface area contributed by atoms with Gasteiger partial charge in [0.15, 0.2) is 0 Å². The van der Waals surface area contributed by atoms with E-state index in [1.165, 1.54) is 5.56 Å². The average molecular weight is 480 g/mol. The maximum absolute atomic E-state index is 12.5. The van der Waals surface area contributed by atoms with Crippen molar-refractivity contribution in [1.29, 1.82) is 0 Å². The van der Waals surface area contributed by atoms with Crippen molar-refractivity contribution in [3.8, 4) is 5.75 Å². The second-order valence-corrected chi connectivity index (χ2v) is 9.09. The average Bonchev–Trinajstić information content (AvgIpc) is 2.83. The molecule has 0 saturated carbocycles. The number of piperazine rings is 1. The van der Waals surface area contributed by atoms with Gasteiger partial charge in [-0.05, 0) is 61.4 Å². The highest BCUT2D eigenvalue weighted by atomic mass is 35.5. The number of anilines is 1. The SMILES string of the molecule is CC(C)OC(=O)c1cccnc1N1CCN(Cc2cccc(OCc3cccc(Cl)c3)c2)CC1. The zero-order valence-electron chi connectivity index (χ0n) is 19.6. The third kappa shape index (κ3) is 6.49. The highest BCUT2D eigenvalue weighted by Crippen LogP contribution is 2.22. The van der Waals surface area contributed by atoms with Gasteiger partial charge in [-0.15, -0.1) is 0 Å². The van der Waals surface area contributed by atoms with Gasteiger partial charge in [-0.1, -0.05) is 35.9 Å². The Labute approximate surface area is 206 Å². The fourth-order valence-electron chi connectivity index (χ4n) is 3.99. The number of rotatable bonds is 8. The van der Waals surface area contributed by atoms with E-state index in [0.29, 0.717) is 23.0 Å². The van der Waals surface area contributed by atoms with Gasteiger partial charge in [0.2, 0.25) is 0 Å².